The molecule has 1 aromatic heterocycles. The first-order chi connectivity index (χ1) is 13.3. The monoisotopic (exact) mass is 379 g/mol. The summed E-state index contributed by atoms with van der Waals surface area (Å²) in [6.45, 7) is 4.93. The van der Waals surface area contributed by atoms with Crippen molar-refractivity contribution in [2.24, 2.45) is 0 Å². The van der Waals surface area contributed by atoms with Crippen molar-refractivity contribution in [2.75, 3.05) is 16.4 Å². The Labute approximate surface area is 162 Å². The third-order valence-electron chi connectivity index (χ3n) is 3.72. The van der Waals surface area contributed by atoms with E-state index in [1.807, 2.05) is 65.2 Å². The van der Waals surface area contributed by atoms with Gasteiger partial charge in [-0.3, -0.25) is 4.79 Å². The summed E-state index contributed by atoms with van der Waals surface area (Å²) >= 11 is 1.36. The summed E-state index contributed by atoms with van der Waals surface area (Å²) in [5.41, 5.74) is 1.80. The van der Waals surface area contributed by atoms with Crippen LogP contribution in [0.25, 0.3) is 0 Å². The Balaban J connectivity index is 1.60. The van der Waals surface area contributed by atoms with E-state index in [0.29, 0.717) is 18.2 Å². The number of carbonyl (C=O) groups is 1. The molecule has 7 heteroatoms. The minimum Gasteiger partial charge on any atom is -0.378 e. The van der Waals surface area contributed by atoms with Crippen LogP contribution < -0.4 is 10.6 Å². The van der Waals surface area contributed by atoms with E-state index in [9.17, 15) is 4.79 Å². The van der Waals surface area contributed by atoms with Crippen LogP contribution in [0.3, 0.4) is 0 Å². The van der Waals surface area contributed by atoms with Gasteiger partial charge >= 0.3 is 0 Å². The minimum atomic E-state index is -0.0803. The quantitative estimate of drug-likeness (QED) is 0.437. The standard InChI is InChI=1S/C20H21N5OS/c1-2-13-25-18(14-21-16-9-5-3-6-10-16)23-24-20(25)27-15-19(26)22-17-11-7-4-8-12-17/h2-12,21H,1,13-15H2,(H,22,26). The highest BCUT2D eigenvalue weighted by molar-refractivity contribution is 7.99. The maximum atomic E-state index is 12.2. The number of carbonyl (C=O) groups excluding carboxylic acids is 1. The highest BCUT2D eigenvalue weighted by atomic mass is 32.2. The molecule has 0 radical (unpaired) electrons. The van der Waals surface area contributed by atoms with Gasteiger partial charge in [-0.1, -0.05) is 54.2 Å². The molecule has 0 aliphatic rings. The van der Waals surface area contributed by atoms with Gasteiger partial charge < -0.3 is 15.2 Å². The van der Waals surface area contributed by atoms with Crippen molar-refractivity contribution in [1.29, 1.82) is 0 Å². The van der Waals surface area contributed by atoms with Gasteiger partial charge in [0.05, 0.1) is 12.3 Å². The lowest BCUT2D eigenvalue weighted by Crippen LogP contribution is -2.15. The molecule has 0 aliphatic heterocycles. The van der Waals surface area contributed by atoms with Gasteiger partial charge in [0.1, 0.15) is 0 Å². The van der Waals surface area contributed by atoms with Gasteiger partial charge in [-0.15, -0.1) is 16.8 Å². The second-order valence-electron chi connectivity index (χ2n) is 5.72. The second kappa shape index (κ2) is 9.59. The average Bonchev–Trinajstić information content (AvgIpc) is 3.08. The number of amides is 1. The molecule has 1 amide bonds. The number of rotatable bonds is 9. The highest BCUT2D eigenvalue weighted by Crippen LogP contribution is 2.19. The molecule has 0 spiro atoms. The smallest absolute Gasteiger partial charge is 0.234 e. The van der Waals surface area contributed by atoms with Crippen LogP contribution in [-0.2, 0) is 17.9 Å². The van der Waals surface area contributed by atoms with Gasteiger partial charge in [0, 0.05) is 17.9 Å². The number of allylic oxidation sites excluding steroid dienone is 1. The zero-order chi connectivity index (χ0) is 18.9. The van der Waals surface area contributed by atoms with Crippen molar-refractivity contribution in [2.45, 2.75) is 18.2 Å². The number of anilines is 2. The Morgan fingerprint density at radius 3 is 2.37 bits per heavy atom. The van der Waals surface area contributed by atoms with Crippen molar-refractivity contribution in [1.82, 2.24) is 14.8 Å². The van der Waals surface area contributed by atoms with Gasteiger partial charge in [0.15, 0.2) is 11.0 Å². The lowest BCUT2D eigenvalue weighted by atomic mass is 10.3. The number of nitrogens with one attached hydrogen (secondary N) is 2. The Morgan fingerprint density at radius 2 is 1.70 bits per heavy atom. The molecular weight excluding hydrogens is 358 g/mol. The van der Waals surface area contributed by atoms with Crippen LogP contribution in [0.2, 0.25) is 0 Å². The second-order valence-corrected chi connectivity index (χ2v) is 6.66. The zero-order valence-electron chi connectivity index (χ0n) is 14.8. The van der Waals surface area contributed by atoms with Crippen LogP contribution in [0.4, 0.5) is 11.4 Å². The Hall–Kier alpha value is -3.06. The van der Waals surface area contributed by atoms with Gasteiger partial charge in [0.25, 0.3) is 0 Å². The summed E-state index contributed by atoms with van der Waals surface area (Å²) in [7, 11) is 0. The van der Waals surface area contributed by atoms with Crippen molar-refractivity contribution in [3.8, 4) is 0 Å². The van der Waals surface area contributed by atoms with Gasteiger partial charge in [-0.05, 0) is 24.3 Å². The summed E-state index contributed by atoms with van der Waals surface area (Å²) in [5, 5.41) is 15.4. The summed E-state index contributed by atoms with van der Waals surface area (Å²) in [6.07, 6.45) is 1.80. The fraction of sp³-hybridized carbons (Fsp3) is 0.150. The van der Waals surface area contributed by atoms with E-state index in [0.717, 1.165) is 17.2 Å². The minimum absolute atomic E-state index is 0.0803. The van der Waals surface area contributed by atoms with E-state index in [-0.39, 0.29) is 11.7 Å². The molecule has 2 N–H and O–H groups in total. The molecule has 3 aromatic rings. The molecule has 138 valence electrons. The molecule has 2 aromatic carbocycles. The number of nitrogens with zero attached hydrogens (tertiary/aromatic N) is 3. The first kappa shape index (κ1) is 18.7. The number of thioether (sulfide) groups is 1. The van der Waals surface area contributed by atoms with E-state index >= 15 is 0 Å². The molecule has 3 rings (SSSR count). The number of hydrogen-bond donors (Lipinski definition) is 2. The van der Waals surface area contributed by atoms with E-state index < -0.39 is 0 Å². The predicted molar refractivity (Wildman–Crippen MR) is 110 cm³/mol. The van der Waals surface area contributed by atoms with E-state index in [1.165, 1.54) is 11.8 Å². The fourth-order valence-electron chi connectivity index (χ4n) is 2.45. The maximum Gasteiger partial charge on any atom is 0.234 e. The largest absolute Gasteiger partial charge is 0.378 e. The number of hydrogen-bond acceptors (Lipinski definition) is 5. The third-order valence-corrected chi connectivity index (χ3v) is 4.69. The molecule has 27 heavy (non-hydrogen) atoms. The van der Waals surface area contributed by atoms with Crippen LogP contribution in [0.5, 0.6) is 0 Å². The van der Waals surface area contributed by atoms with Crippen LogP contribution in [-0.4, -0.2) is 26.4 Å². The van der Waals surface area contributed by atoms with Crippen LogP contribution >= 0.6 is 11.8 Å². The first-order valence-electron chi connectivity index (χ1n) is 8.56. The first-order valence-corrected chi connectivity index (χ1v) is 9.54. The summed E-state index contributed by atoms with van der Waals surface area (Å²) in [6, 6.07) is 19.3. The molecule has 6 nitrogen and oxygen atoms in total. The van der Waals surface area contributed by atoms with Crippen molar-refractivity contribution >= 4 is 29.0 Å². The average molecular weight is 379 g/mol. The molecule has 0 fully saturated rings. The number of aromatic nitrogens is 3. The lowest BCUT2D eigenvalue weighted by molar-refractivity contribution is -0.113. The number of para-hydroxylation sites is 2. The van der Waals surface area contributed by atoms with Gasteiger partial charge in [0.2, 0.25) is 5.91 Å². The molecule has 0 saturated carbocycles. The topological polar surface area (TPSA) is 71.8 Å². The maximum absolute atomic E-state index is 12.2. The molecular formula is C20H21N5OS. The fourth-order valence-corrected chi connectivity index (χ4v) is 3.22. The number of benzene rings is 2. The highest BCUT2D eigenvalue weighted by Gasteiger charge is 2.13. The van der Waals surface area contributed by atoms with Gasteiger partial charge in [-0.2, -0.15) is 0 Å². The predicted octanol–water partition coefficient (Wildman–Crippen LogP) is 3.81. The Kier molecular flexibility index (Phi) is 6.65. The lowest BCUT2D eigenvalue weighted by Gasteiger charge is -2.09. The molecule has 0 unspecified atom stereocenters. The Morgan fingerprint density at radius 1 is 1.04 bits per heavy atom. The van der Waals surface area contributed by atoms with Crippen molar-refractivity contribution in [3.05, 3.63) is 79.1 Å². The molecule has 0 atom stereocenters. The summed E-state index contributed by atoms with van der Waals surface area (Å²) in [5.74, 6) is 0.976. The molecule has 0 bridgehead atoms. The van der Waals surface area contributed by atoms with E-state index in [1.54, 1.807) is 6.08 Å². The summed E-state index contributed by atoms with van der Waals surface area (Å²) in [4.78, 5) is 12.2. The zero-order valence-corrected chi connectivity index (χ0v) is 15.7. The Bertz CT molecular complexity index is 880. The van der Waals surface area contributed by atoms with Crippen LogP contribution in [0.1, 0.15) is 5.82 Å². The third kappa shape index (κ3) is 5.46. The molecule has 1 heterocycles. The normalized spacial score (nSPS) is 10.4. The van der Waals surface area contributed by atoms with Gasteiger partial charge in [-0.25, -0.2) is 0 Å². The van der Waals surface area contributed by atoms with E-state index in [4.69, 9.17) is 0 Å². The van der Waals surface area contributed by atoms with Crippen LogP contribution in [0.15, 0.2) is 78.5 Å². The SMILES string of the molecule is C=CCn1c(CNc2ccccc2)nnc1SCC(=O)Nc1ccccc1. The molecule has 0 saturated heterocycles. The molecule has 0 aliphatic carbocycles. The van der Waals surface area contributed by atoms with Crippen molar-refractivity contribution in [3.63, 3.8) is 0 Å². The van der Waals surface area contributed by atoms with Crippen molar-refractivity contribution < 1.29 is 4.79 Å². The summed E-state index contributed by atoms with van der Waals surface area (Å²) < 4.78 is 1.96. The van der Waals surface area contributed by atoms with E-state index in [2.05, 4.69) is 27.4 Å². The van der Waals surface area contributed by atoms with Crippen LogP contribution in [0, 0.1) is 0 Å².